The van der Waals surface area contributed by atoms with E-state index in [0.29, 0.717) is 13.0 Å². The first kappa shape index (κ1) is 41.0. The minimum atomic E-state index is -3.84. The van der Waals surface area contributed by atoms with Crippen molar-refractivity contribution in [2.24, 2.45) is 34.0 Å². The number of likely N-dealkylation sites (N-methyl/N-ethyl adjacent to an activating group) is 1. The summed E-state index contributed by atoms with van der Waals surface area (Å²) in [6.07, 6.45) is 3.63. The van der Waals surface area contributed by atoms with Gasteiger partial charge in [-0.2, -0.15) is 4.31 Å². The molecule has 1 unspecified atom stereocenters. The molecule has 2 aliphatic carbocycles. The predicted molar refractivity (Wildman–Crippen MR) is 198 cm³/mol. The lowest BCUT2D eigenvalue weighted by atomic mass is 9.85. The minimum Gasteiger partial charge on any atom is -0.346 e. The monoisotopic (exact) mass is 742 g/mol. The number of fused-ring (bicyclic) bond motifs is 1. The van der Waals surface area contributed by atoms with Gasteiger partial charge in [-0.15, -0.1) is 6.58 Å². The van der Waals surface area contributed by atoms with Crippen molar-refractivity contribution in [3.8, 4) is 0 Å². The number of rotatable bonds is 15. The van der Waals surface area contributed by atoms with Gasteiger partial charge in [0.05, 0.1) is 10.9 Å². The molecule has 52 heavy (non-hydrogen) atoms. The normalized spacial score (nSPS) is 22.7. The van der Waals surface area contributed by atoms with Gasteiger partial charge in [0.25, 0.3) is 5.91 Å². The van der Waals surface area contributed by atoms with Crippen molar-refractivity contribution in [1.82, 2.24) is 30.5 Å². The molecule has 4 N–H and O–H groups in total. The van der Waals surface area contributed by atoms with Gasteiger partial charge in [0, 0.05) is 32.7 Å². The van der Waals surface area contributed by atoms with Crippen LogP contribution in [0.15, 0.2) is 47.9 Å². The Hall–Kier alpha value is -3.78. The maximum absolute atomic E-state index is 14.5. The van der Waals surface area contributed by atoms with Crippen LogP contribution in [0.3, 0.4) is 0 Å². The Kier molecular flexibility index (Phi) is 12.1. The van der Waals surface area contributed by atoms with Gasteiger partial charge in [-0.3, -0.25) is 19.2 Å². The van der Waals surface area contributed by atoms with E-state index in [2.05, 4.69) is 41.7 Å². The number of carbonyl (C=O) groups is 5. The van der Waals surface area contributed by atoms with E-state index in [4.69, 9.17) is 0 Å². The lowest BCUT2D eigenvalue weighted by Crippen LogP contribution is -2.62. The van der Waals surface area contributed by atoms with Crippen LogP contribution in [-0.2, 0) is 29.2 Å². The number of benzene rings is 1. The molecule has 3 fully saturated rings. The van der Waals surface area contributed by atoms with E-state index < -0.39 is 74.6 Å². The van der Waals surface area contributed by atoms with Gasteiger partial charge in [0.15, 0.2) is 0 Å². The molecular formula is C38H58N6O7S. The Morgan fingerprint density at radius 3 is 2.13 bits per heavy atom. The number of likely N-dealkylation sites (tertiary alicyclic amines) is 1. The summed E-state index contributed by atoms with van der Waals surface area (Å²) in [5, 5.41) is 11.1. The van der Waals surface area contributed by atoms with E-state index in [1.54, 1.807) is 18.2 Å². The first-order valence-electron chi connectivity index (χ1n) is 18.1. The first-order valence-corrected chi connectivity index (χ1v) is 19.6. The number of ketones is 1. The molecule has 0 aromatic heterocycles. The highest BCUT2D eigenvalue weighted by molar-refractivity contribution is 7.89. The van der Waals surface area contributed by atoms with Crippen molar-refractivity contribution in [1.29, 1.82) is 0 Å². The number of sulfonamides is 1. The number of nitrogens with zero attached hydrogens (tertiary/aromatic N) is 2. The highest BCUT2D eigenvalue weighted by atomic mass is 32.2. The number of carbonyl (C=O) groups excluding carboxylic acids is 5. The minimum absolute atomic E-state index is 0.0263. The van der Waals surface area contributed by atoms with E-state index in [-0.39, 0.29) is 41.2 Å². The summed E-state index contributed by atoms with van der Waals surface area (Å²) < 4.78 is 27.8. The maximum atomic E-state index is 14.5. The van der Waals surface area contributed by atoms with Gasteiger partial charge in [0.1, 0.15) is 12.1 Å². The lowest BCUT2D eigenvalue weighted by molar-refractivity contribution is -0.145. The summed E-state index contributed by atoms with van der Waals surface area (Å²) >= 11 is 0. The van der Waals surface area contributed by atoms with Crippen LogP contribution >= 0.6 is 0 Å². The van der Waals surface area contributed by atoms with Crippen molar-refractivity contribution < 1.29 is 32.4 Å². The number of amides is 5. The van der Waals surface area contributed by atoms with Gasteiger partial charge in [-0.05, 0) is 52.6 Å². The van der Waals surface area contributed by atoms with Crippen molar-refractivity contribution in [2.75, 3.05) is 26.7 Å². The van der Waals surface area contributed by atoms with Crippen molar-refractivity contribution >= 4 is 39.6 Å². The molecule has 5 amide bonds. The number of nitrogens with one attached hydrogen (secondary N) is 4. The van der Waals surface area contributed by atoms with Gasteiger partial charge >= 0.3 is 6.03 Å². The molecule has 1 saturated heterocycles. The summed E-state index contributed by atoms with van der Waals surface area (Å²) in [6, 6.07) is 3.79. The summed E-state index contributed by atoms with van der Waals surface area (Å²) in [6.45, 7) is 19.2. The van der Waals surface area contributed by atoms with Gasteiger partial charge in [0.2, 0.25) is 27.6 Å². The summed E-state index contributed by atoms with van der Waals surface area (Å²) in [5.41, 5.74) is -1.57. The fourth-order valence-electron chi connectivity index (χ4n) is 7.21. The van der Waals surface area contributed by atoms with Crippen LogP contribution in [0.4, 0.5) is 4.79 Å². The van der Waals surface area contributed by atoms with Crippen LogP contribution in [0.1, 0.15) is 74.7 Å². The summed E-state index contributed by atoms with van der Waals surface area (Å²) in [5.74, 6) is -2.34. The average Bonchev–Trinajstić information content (AvgIpc) is 3.91. The Balaban J connectivity index is 1.52. The van der Waals surface area contributed by atoms with Crippen LogP contribution < -0.4 is 21.3 Å². The van der Waals surface area contributed by atoms with Crippen LogP contribution in [0.2, 0.25) is 0 Å². The lowest BCUT2D eigenvalue weighted by Gasteiger charge is -2.39. The molecule has 13 nitrogen and oxygen atoms in total. The second-order valence-corrected chi connectivity index (χ2v) is 19.5. The molecule has 1 aromatic carbocycles. The van der Waals surface area contributed by atoms with Gasteiger partial charge < -0.3 is 26.2 Å². The molecule has 14 heteroatoms. The molecule has 3 aliphatic rings. The first-order chi connectivity index (χ1) is 24.0. The van der Waals surface area contributed by atoms with Crippen LogP contribution in [0.25, 0.3) is 0 Å². The molecule has 2 saturated carbocycles. The Morgan fingerprint density at radius 2 is 1.60 bits per heavy atom. The van der Waals surface area contributed by atoms with Crippen LogP contribution in [0, 0.1) is 34.0 Å². The third-order valence-corrected chi connectivity index (χ3v) is 12.8. The smallest absolute Gasteiger partial charge is 0.315 e. The average molecular weight is 743 g/mol. The zero-order valence-electron chi connectivity index (χ0n) is 32.1. The molecule has 4 rings (SSSR count). The number of hydrogen-bond donors (Lipinski definition) is 4. The molecule has 6 atom stereocenters. The fraction of sp³-hybridized carbons (Fsp3) is 0.658. The van der Waals surface area contributed by atoms with E-state index in [1.807, 2.05) is 41.5 Å². The standard InChI is InChI=1S/C38H58N6O7S/c1-11-19-39-33(47)30(45)26(20-23-17-18-23)40-32(46)29-28-25(38(28,8)9)21-44(29)34(48)31(37(5,6)7)42-35(49)41-27(36(2,3)4)22-43(10)52(50,51)24-15-13-12-14-16-24/h11-16,23,25-29,31H,1,17-22H2,2-10H3,(H,39,47)(H,40,46)(H2,41,42,49)/t25-,26?,27+,28-,29-,31+/m0/s1. The number of Topliss-reactive ketones (excluding diaryl/α,β-unsaturated/α-hetero) is 1. The molecule has 288 valence electrons. The molecule has 1 heterocycles. The van der Waals surface area contributed by atoms with E-state index >= 15 is 0 Å². The molecule has 0 spiro atoms. The molecule has 1 aromatic rings. The van der Waals surface area contributed by atoms with Crippen molar-refractivity contribution in [3.05, 3.63) is 43.0 Å². The largest absolute Gasteiger partial charge is 0.346 e. The maximum Gasteiger partial charge on any atom is 0.315 e. The van der Waals surface area contributed by atoms with Crippen LogP contribution in [-0.4, -0.2) is 98.0 Å². The number of hydrogen-bond acceptors (Lipinski definition) is 7. The number of piperidine rings is 1. The van der Waals surface area contributed by atoms with Gasteiger partial charge in [-0.1, -0.05) is 92.5 Å². The predicted octanol–water partition coefficient (Wildman–Crippen LogP) is 3.07. The Morgan fingerprint density at radius 1 is 0.981 bits per heavy atom. The zero-order valence-corrected chi connectivity index (χ0v) is 32.9. The molecule has 0 radical (unpaired) electrons. The van der Waals surface area contributed by atoms with E-state index in [0.717, 1.165) is 12.8 Å². The third-order valence-electron chi connectivity index (χ3n) is 10.9. The second kappa shape index (κ2) is 15.3. The quantitative estimate of drug-likeness (QED) is 0.158. The van der Waals surface area contributed by atoms with E-state index in [9.17, 15) is 32.4 Å². The topological polar surface area (TPSA) is 174 Å². The van der Waals surface area contributed by atoms with Crippen molar-refractivity contribution in [3.63, 3.8) is 0 Å². The van der Waals surface area contributed by atoms with Gasteiger partial charge in [-0.25, -0.2) is 13.2 Å². The molecular weight excluding hydrogens is 685 g/mol. The zero-order chi connectivity index (χ0) is 39.0. The third kappa shape index (κ3) is 9.22. The molecule has 0 bridgehead atoms. The van der Waals surface area contributed by atoms with Crippen molar-refractivity contribution in [2.45, 2.75) is 104 Å². The Labute approximate surface area is 309 Å². The van der Waals surface area contributed by atoms with Crippen LogP contribution in [0.5, 0.6) is 0 Å². The summed E-state index contributed by atoms with van der Waals surface area (Å²) in [4.78, 5) is 69.7. The fourth-order valence-corrected chi connectivity index (χ4v) is 8.41. The van der Waals surface area contributed by atoms with E-state index in [1.165, 1.54) is 34.5 Å². The second-order valence-electron chi connectivity index (χ2n) is 17.4. The Bertz CT molecular complexity index is 1650. The SMILES string of the molecule is C=CCNC(=O)C(=O)C(CC1CC1)NC(=O)[C@@H]1[C@@H]2[C@H](CN1C(=O)[C@@H](NC(=O)N[C@H](CN(C)S(=O)(=O)c1ccccc1)C(C)(C)C)C(C)(C)C)C2(C)C. The highest BCUT2D eigenvalue weighted by Gasteiger charge is 2.70. The summed E-state index contributed by atoms with van der Waals surface area (Å²) in [7, 11) is -2.37. The number of urea groups is 1. The highest BCUT2D eigenvalue weighted by Crippen LogP contribution is 2.65. The molecule has 1 aliphatic heterocycles.